The molecule has 3 rings (SSSR count). The van der Waals surface area contributed by atoms with E-state index in [-0.39, 0.29) is 18.4 Å². The third-order valence-electron chi connectivity index (χ3n) is 4.56. The average molecular weight is 302 g/mol. The van der Waals surface area contributed by atoms with Gasteiger partial charge < -0.3 is 14.6 Å². The van der Waals surface area contributed by atoms with Gasteiger partial charge in [0.05, 0.1) is 18.9 Å². The van der Waals surface area contributed by atoms with E-state index >= 15 is 0 Å². The molecule has 0 aliphatic heterocycles. The zero-order valence-corrected chi connectivity index (χ0v) is 12.3. The molecule has 1 aromatic rings. The molecule has 2 aliphatic rings. The van der Waals surface area contributed by atoms with Crippen molar-refractivity contribution in [3.05, 3.63) is 42.0 Å². The van der Waals surface area contributed by atoms with E-state index in [9.17, 15) is 14.7 Å². The molecule has 0 amide bonds. The van der Waals surface area contributed by atoms with Crippen molar-refractivity contribution in [2.24, 2.45) is 23.7 Å². The second kappa shape index (κ2) is 5.83. The lowest BCUT2D eigenvalue weighted by Crippen LogP contribution is -2.34. The van der Waals surface area contributed by atoms with Crippen molar-refractivity contribution in [3.63, 3.8) is 0 Å². The molecule has 2 aliphatic carbocycles. The van der Waals surface area contributed by atoms with E-state index in [0.717, 1.165) is 17.7 Å². The largest absolute Gasteiger partial charge is 0.497 e. The Hall–Kier alpha value is -2.30. The number of allylic oxidation sites excluding steroid dienone is 2. The Bertz CT molecular complexity index is 604. The van der Waals surface area contributed by atoms with Gasteiger partial charge in [-0.25, -0.2) is 0 Å². The lowest BCUT2D eigenvalue weighted by atomic mass is 9.83. The summed E-state index contributed by atoms with van der Waals surface area (Å²) in [5, 5.41) is 9.34. The van der Waals surface area contributed by atoms with Crippen LogP contribution in [0.15, 0.2) is 36.4 Å². The molecule has 0 saturated heterocycles. The minimum Gasteiger partial charge on any atom is -0.497 e. The lowest BCUT2D eigenvalue weighted by Gasteiger charge is -2.23. The van der Waals surface area contributed by atoms with E-state index in [1.165, 1.54) is 0 Å². The standard InChI is InChI=1S/C17H18O5/c1-21-13-6-2-10(3-7-13)9-22-17(20)15-12-5-4-11(8-12)14(15)16(18)19/h2-7,11-12,14-15H,8-9H2,1H3,(H,18,19)/t11?,12?,14-,15+/m1/s1. The Morgan fingerprint density at radius 1 is 1.14 bits per heavy atom. The highest BCUT2D eigenvalue weighted by molar-refractivity contribution is 5.83. The quantitative estimate of drug-likeness (QED) is 0.667. The van der Waals surface area contributed by atoms with Gasteiger partial charge in [-0.05, 0) is 36.0 Å². The number of carboxylic acid groups (broad SMARTS) is 1. The topological polar surface area (TPSA) is 72.8 Å². The fraction of sp³-hybridized carbons (Fsp3) is 0.412. The van der Waals surface area contributed by atoms with E-state index in [1.54, 1.807) is 19.2 Å². The summed E-state index contributed by atoms with van der Waals surface area (Å²) < 4.78 is 10.4. The maximum atomic E-state index is 12.3. The van der Waals surface area contributed by atoms with Crippen LogP contribution >= 0.6 is 0 Å². The van der Waals surface area contributed by atoms with E-state index in [4.69, 9.17) is 9.47 Å². The van der Waals surface area contributed by atoms with Crippen LogP contribution in [0.4, 0.5) is 0 Å². The highest BCUT2D eigenvalue weighted by atomic mass is 16.5. The molecule has 116 valence electrons. The monoisotopic (exact) mass is 302 g/mol. The van der Waals surface area contributed by atoms with E-state index < -0.39 is 23.8 Å². The second-order valence-electron chi connectivity index (χ2n) is 5.79. The van der Waals surface area contributed by atoms with Gasteiger partial charge in [-0.3, -0.25) is 9.59 Å². The Morgan fingerprint density at radius 2 is 1.77 bits per heavy atom. The van der Waals surface area contributed by atoms with Crippen LogP contribution in [0.25, 0.3) is 0 Å². The predicted octanol–water partition coefficient (Wildman–Crippen LogP) is 2.26. The fourth-order valence-electron chi connectivity index (χ4n) is 3.45. The van der Waals surface area contributed by atoms with Crippen LogP contribution in [0.5, 0.6) is 5.75 Å². The van der Waals surface area contributed by atoms with Gasteiger partial charge in [-0.1, -0.05) is 24.3 Å². The number of carbonyl (C=O) groups is 2. The molecule has 1 aromatic carbocycles. The molecule has 1 N–H and O–H groups in total. The third-order valence-corrected chi connectivity index (χ3v) is 4.56. The summed E-state index contributed by atoms with van der Waals surface area (Å²) in [4.78, 5) is 23.7. The summed E-state index contributed by atoms with van der Waals surface area (Å²) in [5.41, 5.74) is 0.847. The van der Waals surface area contributed by atoms with Gasteiger partial charge in [0, 0.05) is 0 Å². The van der Waals surface area contributed by atoms with Gasteiger partial charge in [0.1, 0.15) is 12.4 Å². The van der Waals surface area contributed by atoms with Crippen LogP contribution < -0.4 is 4.74 Å². The molecule has 2 bridgehead atoms. The molecule has 1 saturated carbocycles. The summed E-state index contributed by atoms with van der Waals surface area (Å²) in [5.74, 6) is -1.86. The van der Waals surface area contributed by atoms with Gasteiger partial charge in [0.25, 0.3) is 0 Å². The highest BCUT2D eigenvalue weighted by Gasteiger charge is 2.52. The number of benzene rings is 1. The Balaban J connectivity index is 1.64. The summed E-state index contributed by atoms with van der Waals surface area (Å²) in [6.07, 6.45) is 4.60. The average Bonchev–Trinajstić information content (AvgIpc) is 3.14. The van der Waals surface area contributed by atoms with Crippen molar-refractivity contribution in [2.75, 3.05) is 7.11 Å². The first-order chi connectivity index (χ1) is 10.6. The van der Waals surface area contributed by atoms with Crippen molar-refractivity contribution in [1.82, 2.24) is 0 Å². The molecule has 0 aromatic heterocycles. The molecule has 22 heavy (non-hydrogen) atoms. The fourth-order valence-corrected chi connectivity index (χ4v) is 3.45. The minimum absolute atomic E-state index is 0.00512. The smallest absolute Gasteiger partial charge is 0.310 e. The van der Waals surface area contributed by atoms with Crippen molar-refractivity contribution in [1.29, 1.82) is 0 Å². The third kappa shape index (κ3) is 2.58. The number of fused-ring (bicyclic) bond motifs is 2. The Morgan fingerprint density at radius 3 is 2.36 bits per heavy atom. The van der Waals surface area contributed by atoms with Gasteiger partial charge in [0.2, 0.25) is 0 Å². The molecule has 5 nitrogen and oxygen atoms in total. The normalized spacial score (nSPS) is 28.6. The van der Waals surface area contributed by atoms with Crippen LogP contribution in [0, 0.1) is 23.7 Å². The SMILES string of the molecule is COc1ccc(COC(=O)[C@H]2C3C=CC(C3)[C@H]2C(=O)O)cc1. The number of aliphatic carboxylic acids is 1. The maximum absolute atomic E-state index is 12.3. The summed E-state index contributed by atoms with van der Waals surface area (Å²) in [6, 6.07) is 7.23. The van der Waals surface area contributed by atoms with Crippen LogP contribution in [0.1, 0.15) is 12.0 Å². The molecule has 4 atom stereocenters. The van der Waals surface area contributed by atoms with E-state index in [1.807, 2.05) is 24.3 Å². The first kappa shape index (κ1) is 14.6. The van der Waals surface area contributed by atoms with Gasteiger partial charge in [0.15, 0.2) is 0 Å². The molecule has 0 spiro atoms. The number of carboxylic acids is 1. The van der Waals surface area contributed by atoms with Gasteiger partial charge >= 0.3 is 11.9 Å². The Kier molecular flexibility index (Phi) is 3.88. The van der Waals surface area contributed by atoms with Crippen molar-refractivity contribution in [2.45, 2.75) is 13.0 Å². The zero-order chi connectivity index (χ0) is 15.7. The van der Waals surface area contributed by atoms with Crippen molar-refractivity contribution in [3.8, 4) is 5.75 Å². The molecular weight excluding hydrogens is 284 g/mol. The Labute approximate surface area is 128 Å². The predicted molar refractivity (Wildman–Crippen MR) is 78.1 cm³/mol. The first-order valence-electron chi connectivity index (χ1n) is 7.31. The van der Waals surface area contributed by atoms with E-state index in [0.29, 0.717) is 0 Å². The van der Waals surface area contributed by atoms with Crippen molar-refractivity contribution < 1.29 is 24.2 Å². The molecule has 2 unspecified atom stereocenters. The van der Waals surface area contributed by atoms with Crippen molar-refractivity contribution >= 4 is 11.9 Å². The molecular formula is C17H18O5. The van der Waals surface area contributed by atoms with Crippen LogP contribution in [-0.2, 0) is 20.9 Å². The van der Waals surface area contributed by atoms with Gasteiger partial charge in [-0.2, -0.15) is 0 Å². The molecule has 1 fully saturated rings. The second-order valence-corrected chi connectivity index (χ2v) is 5.79. The van der Waals surface area contributed by atoms with Crippen LogP contribution in [0.2, 0.25) is 0 Å². The summed E-state index contributed by atoms with van der Waals surface area (Å²) in [6.45, 7) is 0.146. The van der Waals surface area contributed by atoms with E-state index in [2.05, 4.69) is 0 Å². The molecule has 0 radical (unpaired) electrons. The number of rotatable bonds is 5. The summed E-state index contributed by atoms with van der Waals surface area (Å²) in [7, 11) is 1.59. The lowest BCUT2D eigenvalue weighted by molar-refractivity contribution is -0.159. The minimum atomic E-state index is -0.914. The number of methoxy groups -OCH3 is 1. The number of carbonyl (C=O) groups excluding carboxylic acids is 1. The number of esters is 1. The molecule has 5 heteroatoms. The first-order valence-corrected chi connectivity index (χ1v) is 7.31. The van der Waals surface area contributed by atoms with Gasteiger partial charge in [-0.15, -0.1) is 0 Å². The summed E-state index contributed by atoms with van der Waals surface area (Å²) >= 11 is 0. The van der Waals surface area contributed by atoms with Crippen LogP contribution in [0.3, 0.4) is 0 Å². The van der Waals surface area contributed by atoms with Crippen LogP contribution in [-0.4, -0.2) is 24.2 Å². The number of hydrogen-bond acceptors (Lipinski definition) is 4. The number of ether oxygens (including phenoxy) is 2. The zero-order valence-electron chi connectivity index (χ0n) is 12.3. The maximum Gasteiger partial charge on any atom is 0.310 e. The highest BCUT2D eigenvalue weighted by Crippen LogP contribution is 2.48. The molecule has 0 heterocycles. The number of hydrogen-bond donors (Lipinski definition) is 1.